The van der Waals surface area contributed by atoms with Crippen molar-refractivity contribution in [2.75, 3.05) is 26.8 Å². The minimum atomic E-state index is -0.670. The second-order valence-corrected chi connectivity index (χ2v) is 5.72. The van der Waals surface area contributed by atoms with Crippen molar-refractivity contribution >= 4 is 0 Å². The van der Waals surface area contributed by atoms with Gasteiger partial charge in [0.2, 0.25) is 0 Å². The summed E-state index contributed by atoms with van der Waals surface area (Å²) in [6, 6.07) is 12.4. The molecular weight excluding hydrogens is 322 g/mol. The summed E-state index contributed by atoms with van der Waals surface area (Å²) in [6.45, 7) is 1.01. The lowest BCUT2D eigenvalue weighted by atomic mass is 10.1. The van der Waals surface area contributed by atoms with Crippen LogP contribution in [-0.2, 0) is 13.0 Å². The summed E-state index contributed by atoms with van der Waals surface area (Å²) < 4.78 is 10.6. The second-order valence-electron chi connectivity index (χ2n) is 5.72. The van der Waals surface area contributed by atoms with E-state index in [1.54, 1.807) is 13.2 Å². The first kappa shape index (κ1) is 19.1. The Morgan fingerprint density at radius 3 is 2.56 bits per heavy atom. The van der Waals surface area contributed by atoms with E-state index in [1.165, 1.54) is 17.7 Å². The first-order valence-corrected chi connectivity index (χ1v) is 8.19. The highest BCUT2D eigenvalue weighted by atomic mass is 16.5. The van der Waals surface area contributed by atoms with Gasteiger partial charge >= 0.3 is 0 Å². The minimum absolute atomic E-state index is 0.0668. The Morgan fingerprint density at radius 2 is 1.88 bits per heavy atom. The molecule has 0 aliphatic rings. The summed E-state index contributed by atoms with van der Waals surface area (Å²) in [7, 11) is 1.64. The quantitative estimate of drug-likeness (QED) is 0.487. The number of methoxy groups -OCH3 is 1. The molecule has 2 rings (SSSR count). The van der Waals surface area contributed by atoms with Gasteiger partial charge in [-0.3, -0.25) is 0 Å². The van der Waals surface area contributed by atoms with Gasteiger partial charge in [0, 0.05) is 12.1 Å². The lowest BCUT2D eigenvalue weighted by molar-refractivity contribution is 0.105. The Hall–Kier alpha value is -2.28. The third-order valence-corrected chi connectivity index (χ3v) is 3.78. The Labute approximate surface area is 147 Å². The summed E-state index contributed by atoms with van der Waals surface area (Å²) in [5.74, 6) is 1.36. The number of rotatable bonds is 10. The topological polar surface area (TPSA) is 91.2 Å². The van der Waals surface area contributed by atoms with Gasteiger partial charge < -0.3 is 30.1 Å². The normalized spacial score (nSPS) is 12.0. The van der Waals surface area contributed by atoms with Crippen molar-refractivity contribution in [1.29, 1.82) is 0 Å². The lowest BCUT2D eigenvalue weighted by Gasteiger charge is -2.15. The maximum atomic E-state index is 9.98. The van der Waals surface area contributed by atoms with Crippen LogP contribution < -0.4 is 14.8 Å². The Bertz CT molecular complexity index is 645. The molecule has 0 spiro atoms. The number of aromatic hydroxyl groups is 1. The fourth-order valence-corrected chi connectivity index (χ4v) is 2.37. The van der Waals surface area contributed by atoms with E-state index in [-0.39, 0.29) is 19.0 Å². The van der Waals surface area contributed by atoms with Crippen LogP contribution in [0.2, 0.25) is 0 Å². The molecule has 0 unspecified atom stereocenters. The third-order valence-electron chi connectivity index (χ3n) is 3.78. The van der Waals surface area contributed by atoms with Crippen LogP contribution in [0.15, 0.2) is 42.5 Å². The van der Waals surface area contributed by atoms with Crippen molar-refractivity contribution < 1.29 is 24.8 Å². The SMILES string of the molecule is COc1ccc(CCNC[C@@H](O)COc2ccc(O)cc2CO)cc1. The molecule has 1 atom stereocenters. The number of phenolic OH excluding ortho intramolecular Hbond substituents is 1. The maximum absolute atomic E-state index is 9.98. The Balaban J connectivity index is 1.67. The van der Waals surface area contributed by atoms with Gasteiger partial charge in [-0.15, -0.1) is 0 Å². The monoisotopic (exact) mass is 347 g/mol. The fourth-order valence-electron chi connectivity index (χ4n) is 2.37. The zero-order chi connectivity index (χ0) is 18.1. The second kappa shape index (κ2) is 9.88. The molecule has 6 nitrogen and oxygen atoms in total. The molecule has 4 N–H and O–H groups in total. The molecule has 0 saturated carbocycles. The first-order chi connectivity index (χ1) is 12.1. The molecule has 0 aromatic heterocycles. The van der Waals surface area contributed by atoms with Crippen molar-refractivity contribution in [3.63, 3.8) is 0 Å². The van der Waals surface area contributed by atoms with Gasteiger partial charge in [-0.2, -0.15) is 0 Å². The highest BCUT2D eigenvalue weighted by Gasteiger charge is 2.08. The van der Waals surface area contributed by atoms with E-state index in [9.17, 15) is 15.3 Å². The van der Waals surface area contributed by atoms with Crippen molar-refractivity contribution in [3.8, 4) is 17.2 Å². The Kier molecular flexibility index (Phi) is 7.53. The maximum Gasteiger partial charge on any atom is 0.125 e. The van der Waals surface area contributed by atoms with Crippen LogP contribution in [0, 0.1) is 0 Å². The van der Waals surface area contributed by atoms with Crippen molar-refractivity contribution in [2.24, 2.45) is 0 Å². The predicted octanol–water partition coefficient (Wildman–Crippen LogP) is 1.47. The van der Waals surface area contributed by atoms with Gasteiger partial charge in [-0.25, -0.2) is 0 Å². The van der Waals surface area contributed by atoms with Gasteiger partial charge in [-0.1, -0.05) is 12.1 Å². The molecule has 0 aliphatic heterocycles. The van der Waals surface area contributed by atoms with E-state index in [0.717, 1.165) is 18.7 Å². The number of phenols is 1. The zero-order valence-electron chi connectivity index (χ0n) is 14.3. The van der Waals surface area contributed by atoms with Crippen molar-refractivity contribution in [2.45, 2.75) is 19.1 Å². The van der Waals surface area contributed by atoms with E-state index in [0.29, 0.717) is 17.9 Å². The van der Waals surface area contributed by atoms with Crippen LogP contribution in [0.1, 0.15) is 11.1 Å². The van der Waals surface area contributed by atoms with Gasteiger partial charge in [-0.05, 0) is 48.9 Å². The molecule has 0 heterocycles. The molecule has 0 saturated heterocycles. The average molecular weight is 347 g/mol. The lowest BCUT2D eigenvalue weighted by Crippen LogP contribution is -2.32. The number of aliphatic hydroxyl groups is 2. The summed E-state index contributed by atoms with van der Waals surface area (Å²) in [5, 5.41) is 31.8. The molecule has 25 heavy (non-hydrogen) atoms. The number of nitrogens with one attached hydrogen (secondary N) is 1. The van der Waals surface area contributed by atoms with Crippen LogP contribution in [-0.4, -0.2) is 48.2 Å². The molecule has 0 bridgehead atoms. The average Bonchev–Trinajstić information content (AvgIpc) is 2.64. The zero-order valence-corrected chi connectivity index (χ0v) is 14.3. The molecule has 0 fully saturated rings. The summed E-state index contributed by atoms with van der Waals surface area (Å²) in [5.41, 5.74) is 1.68. The van der Waals surface area contributed by atoms with E-state index in [2.05, 4.69) is 5.32 Å². The number of benzene rings is 2. The number of aliphatic hydroxyl groups excluding tert-OH is 2. The molecular formula is C19H25NO5. The Morgan fingerprint density at radius 1 is 1.12 bits per heavy atom. The molecule has 136 valence electrons. The smallest absolute Gasteiger partial charge is 0.125 e. The van der Waals surface area contributed by atoms with Gasteiger partial charge in [0.25, 0.3) is 0 Å². The highest BCUT2D eigenvalue weighted by molar-refractivity contribution is 5.39. The molecule has 0 aliphatic carbocycles. The number of ether oxygens (including phenoxy) is 2. The van der Waals surface area contributed by atoms with Crippen molar-refractivity contribution in [3.05, 3.63) is 53.6 Å². The molecule has 0 radical (unpaired) electrons. The largest absolute Gasteiger partial charge is 0.508 e. The van der Waals surface area contributed by atoms with Crippen LogP contribution in [0.3, 0.4) is 0 Å². The summed E-state index contributed by atoms with van der Waals surface area (Å²) in [4.78, 5) is 0. The van der Waals surface area contributed by atoms with Gasteiger partial charge in [0.15, 0.2) is 0 Å². The molecule has 6 heteroatoms. The van der Waals surface area contributed by atoms with Crippen LogP contribution in [0.5, 0.6) is 17.2 Å². The number of hydrogen-bond donors (Lipinski definition) is 4. The van der Waals surface area contributed by atoms with Gasteiger partial charge in [0.1, 0.15) is 30.0 Å². The first-order valence-electron chi connectivity index (χ1n) is 8.19. The highest BCUT2D eigenvalue weighted by Crippen LogP contribution is 2.23. The van der Waals surface area contributed by atoms with E-state index >= 15 is 0 Å². The van der Waals surface area contributed by atoms with Crippen LogP contribution >= 0.6 is 0 Å². The molecule has 0 amide bonds. The van der Waals surface area contributed by atoms with E-state index in [1.807, 2.05) is 24.3 Å². The molecule has 2 aromatic rings. The van der Waals surface area contributed by atoms with Crippen LogP contribution in [0.4, 0.5) is 0 Å². The minimum Gasteiger partial charge on any atom is -0.508 e. The van der Waals surface area contributed by atoms with Crippen LogP contribution in [0.25, 0.3) is 0 Å². The molecule has 2 aromatic carbocycles. The predicted molar refractivity (Wildman–Crippen MR) is 95.1 cm³/mol. The van der Waals surface area contributed by atoms with E-state index in [4.69, 9.17) is 9.47 Å². The van der Waals surface area contributed by atoms with E-state index < -0.39 is 6.10 Å². The summed E-state index contributed by atoms with van der Waals surface area (Å²) >= 11 is 0. The standard InChI is InChI=1S/C19H25NO5/c1-24-18-5-2-14(3-6-18)8-9-20-11-17(23)13-25-19-7-4-16(22)10-15(19)12-21/h2-7,10,17,20-23H,8-9,11-13H2,1H3/t17-/m1/s1. The fraction of sp³-hybridized carbons (Fsp3) is 0.368. The van der Waals surface area contributed by atoms with Crippen molar-refractivity contribution in [1.82, 2.24) is 5.32 Å². The number of hydrogen-bond acceptors (Lipinski definition) is 6. The third kappa shape index (κ3) is 6.26. The van der Waals surface area contributed by atoms with Gasteiger partial charge in [0.05, 0.1) is 13.7 Å². The summed E-state index contributed by atoms with van der Waals surface area (Å²) in [6.07, 6.45) is 0.181.